The molecule has 7 nitrogen and oxygen atoms in total. The molecule has 1 aliphatic rings. The highest BCUT2D eigenvalue weighted by Gasteiger charge is 2.44. The number of nitrogens with zero attached hydrogens (tertiary/aromatic N) is 3. The molecule has 1 fully saturated rings. The number of amides is 4. The number of ether oxygens (including phenoxy) is 1. The van der Waals surface area contributed by atoms with Gasteiger partial charge in [-0.15, -0.1) is 6.58 Å². The molecular weight excluding hydrogens is 298 g/mol. The predicted octanol–water partition coefficient (Wildman–Crippen LogP) is 1.06. The van der Waals surface area contributed by atoms with Crippen molar-refractivity contribution in [3.05, 3.63) is 42.5 Å². The zero-order valence-electron chi connectivity index (χ0n) is 13.2. The Kier molecular flexibility index (Phi) is 5.13. The maximum atomic E-state index is 12.1. The lowest BCUT2D eigenvalue weighted by Gasteiger charge is -2.22. The fourth-order valence-electron chi connectivity index (χ4n) is 2.30. The van der Waals surface area contributed by atoms with Gasteiger partial charge < -0.3 is 4.74 Å². The zero-order valence-corrected chi connectivity index (χ0v) is 13.2. The highest BCUT2D eigenvalue weighted by Crippen LogP contribution is 2.15. The van der Waals surface area contributed by atoms with Gasteiger partial charge >= 0.3 is 17.8 Å². The molecule has 4 amide bonds. The van der Waals surface area contributed by atoms with Crippen LogP contribution in [-0.4, -0.2) is 59.9 Å². The molecule has 1 saturated heterocycles. The molecule has 1 aromatic carbocycles. The quantitative estimate of drug-likeness (QED) is 0.427. The van der Waals surface area contributed by atoms with E-state index in [0.717, 1.165) is 21.1 Å². The SMILES string of the molecule is C=CCN1C(=O)C(=O)N(CN(C)Cc2ccc(OC)cc2)C1=O. The molecule has 0 aliphatic carbocycles. The third kappa shape index (κ3) is 3.57. The van der Waals surface area contributed by atoms with Crippen LogP contribution in [0.1, 0.15) is 5.56 Å². The summed E-state index contributed by atoms with van der Waals surface area (Å²) in [5.41, 5.74) is 1.00. The lowest BCUT2D eigenvalue weighted by molar-refractivity contribution is -0.143. The Bertz CT molecular complexity index is 627. The second-order valence-corrected chi connectivity index (χ2v) is 5.22. The average molecular weight is 317 g/mol. The molecule has 1 aromatic rings. The number of carbonyl (C=O) groups is 3. The Balaban J connectivity index is 2.00. The van der Waals surface area contributed by atoms with Crippen LogP contribution in [0, 0.1) is 0 Å². The molecule has 0 radical (unpaired) electrons. The average Bonchev–Trinajstić information content (AvgIpc) is 2.74. The Labute approximate surface area is 134 Å². The van der Waals surface area contributed by atoms with E-state index >= 15 is 0 Å². The van der Waals surface area contributed by atoms with Crippen molar-refractivity contribution in [2.24, 2.45) is 0 Å². The van der Waals surface area contributed by atoms with Crippen molar-refractivity contribution in [3.63, 3.8) is 0 Å². The monoisotopic (exact) mass is 317 g/mol. The van der Waals surface area contributed by atoms with Gasteiger partial charge in [0.05, 0.1) is 13.8 Å². The van der Waals surface area contributed by atoms with Gasteiger partial charge in [0.25, 0.3) is 0 Å². The second-order valence-electron chi connectivity index (χ2n) is 5.22. The number of benzene rings is 1. The standard InChI is InChI=1S/C16H19N3O4/c1-4-9-18-14(20)15(21)19(16(18)22)11-17(2)10-12-5-7-13(23-3)8-6-12/h4-8H,1,9-11H2,2-3H3. The molecule has 1 aliphatic heterocycles. The first kappa shape index (κ1) is 16.7. The van der Waals surface area contributed by atoms with E-state index in [2.05, 4.69) is 6.58 Å². The summed E-state index contributed by atoms with van der Waals surface area (Å²) in [7, 11) is 3.36. The van der Waals surface area contributed by atoms with Crippen LogP contribution in [0.15, 0.2) is 36.9 Å². The molecule has 0 unspecified atom stereocenters. The van der Waals surface area contributed by atoms with Crippen LogP contribution in [0.3, 0.4) is 0 Å². The van der Waals surface area contributed by atoms with Crippen LogP contribution in [0.2, 0.25) is 0 Å². The largest absolute Gasteiger partial charge is 0.497 e. The summed E-state index contributed by atoms with van der Waals surface area (Å²) in [5, 5.41) is 0. The van der Waals surface area contributed by atoms with Gasteiger partial charge in [-0.25, -0.2) is 9.69 Å². The summed E-state index contributed by atoms with van der Waals surface area (Å²) < 4.78 is 5.09. The first-order valence-electron chi connectivity index (χ1n) is 7.07. The van der Waals surface area contributed by atoms with Crippen molar-refractivity contribution < 1.29 is 19.1 Å². The number of hydrogen-bond donors (Lipinski definition) is 0. The normalized spacial score (nSPS) is 14.8. The molecule has 7 heteroatoms. The number of rotatable bonds is 7. The summed E-state index contributed by atoms with van der Waals surface area (Å²) in [6, 6.07) is 6.87. The first-order valence-corrected chi connectivity index (χ1v) is 7.07. The summed E-state index contributed by atoms with van der Waals surface area (Å²) in [4.78, 5) is 39.4. The van der Waals surface area contributed by atoms with E-state index in [1.54, 1.807) is 19.1 Å². The van der Waals surface area contributed by atoms with Crippen molar-refractivity contribution in [1.82, 2.24) is 14.7 Å². The first-order chi connectivity index (χ1) is 11.0. The van der Waals surface area contributed by atoms with Crippen molar-refractivity contribution in [2.45, 2.75) is 6.54 Å². The number of imide groups is 2. The minimum absolute atomic E-state index is 0.0299. The van der Waals surface area contributed by atoms with Crippen molar-refractivity contribution in [2.75, 3.05) is 27.4 Å². The van der Waals surface area contributed by atoms with E-state index in [1.807, 2.05) is 24.3 Å². The Morgan fingerprint density at radius 2 is 1.74 bits per heavy atom. The summed E-state index contributed by atoms with van der Waals surface area (Å²) in [6.07, 6.45) is 1.41. The van der Waals surface area contributed by atoms with E-state index < -0.39 is 17.8 Å². The summed E-state index contributed by atoms with van der Waals surface area (Å²) in [5.74, 6) is -0.863. The Hall–Kier alpha value is -2.67. The van der Waals surface area contributed by atoms with Crippen molar-refractivity contribution >= 4 is 17.8 Å². The summed E-state index contributed by atoms with van der Waals surface area (Å²) >= 11 is 0. The van der Waals surface area contributed by atoms with Crippen LogP contribution in [0.5, 0.6) is 5.75 Å². The minimum Gasteiger partial charge on any atom is -0.497 e. The molecule has 0 aromatic heterocycles. The van der Waals surface area contributed by atoms with Gasteiger partial charge in [-0.2, -0.15) is 0 Å². The lowest BCUT2D eigenvalue weighted by Crippen LogP contribution is -2.40. The van der Waals surface area contributed by atoms with Crippen LogP contribution in [0.4, 0.5) is 4.79 Å². The van der Waals surface area contributed by atoms with Crippen molar-refractivity contribution in [1.29, 1.82) is 0 Å². The molecule has 0 N–H and O–H groups in total. The lowest BCUT2D eigenvalue weighted by atomic mass is 10.2. The van der Waals surface area contributed by atoms with E-state index in [1.165, 1.54) is 6.08 Å². The topological polar surface area (TPSA) is 70.2 Å². The molecule has 0 saturated carbocycles. The number of urea groups is 1. The van der Waals surface area contributed by atoms with Gasteiger partial charge in [0.15, 0.2) is 0 Å². The highest BCUT2D eigenvalue weighted by atomic mass is 16.5. The van der Waals surface area contributed by atoms with Crippen LogP contribution in [0.25, 0.3) is 0 Å². The van der Waals surface area contributed by atoms with Crippen LogP contribution < -0.4 is 4.74 Å². The second kappa shape index (κ2) is 7.06. The smallest absolute Gasteiger partial charge is 0.335 e. The van der Waals surface area contributed by atoms with Gasteiger partial charge in [0.1, 0.15) is 5.75 Å². The number of methoxy groups -OCH3 is 1. The molecule has 2 rings (SSSR count). The third-order valence-electron chi connectivity index (χ3n) is 3.44. The summed E-state index contributed by atoms with van der Waals surface area (Å²) in [6.45, 7) is 4.08. The van der Waals surface area contributed by atoms with Gasteiger partial charge in [0, 0.05) is 13.1 Å². The van der Waals surface area contributed by atoms with E-state index in [-0.39, 0.29) is 13.2 Å². The molecule has 0 atom stereocenters. The fraction of sp³-hybridized carbons (Fsp3) is 0.312. The van der Waals surface area contributed by atoms with Crippen LogP contribution >= 0.6 is 0 Å². The molecule has 1 heterocycles. The predicted molar refractivity (Wildman–Crippen MR) is 83.5 cm³/mol. The Morgan fingerprint density at radius 3 is 2.30 bits per heavy atom. The maximum Gasteiger partial charge on any atom is 0.335 e. The van der Waals surface area contributed by atoms with Crippen molar-refractivity contribution in [3.8, 4) is 5.75 Å². The van der Waals surface area contributed by atoms with E-state index in [0.29, 0.717) is 6.54 Å². The van der Waals surface area contributed by atoms with E-state index in [9.17, 15) is 14.4 Å². The number of carbonyl (C=O) groups excluding carboxylic acids is 3. The molecule has 23 heavy (non-hydrogen) atoms. The molecule has 122 valence electrons. The fourth-order valence-corrected chi connectivity index (χ4v) is 2.30. The molecular formula is C16H19N3O4. The van der Waals surface area contributed by atoms with Gasteiger partial charge in [-0.05, 0) is 24.7 Å². The van der Waals surface area contributed by atoms with Crippen LogP contribution in [-0.2, 0) is 16.1 Å². The highest BCUT2D eigenvalue weighted by molar-refractivity contribution is 6.44. The maximum absolute atomic E-state index is 12.1. The van der Waals surface area contributed by atoms with Gasteiger partial charge in [0.2, 0.25) is 0 Å². The zero-order chi connectivity index (χ0) is 17.0. The molecule has 0 spiro atoms. The molecule has 0 bridgehead atoms. The van der Waals surface area contributed by atoms with Gasteiger partial charge in [-0.1, -0.05) is 18.2 Å². The van der Waals surface area contributed by atoms with E-state index in [4.69, 9.17) is 4.74 Å². The Morgan fingerprint density at radius 1 is 1.13 bits per heavy atom. The number of hydrogen-bond acceptors (Lipinski definition) is 5. The van der Waals surface area contributed by atoms with Gasteiger partial charge in [-0.3, -0.25) is 19.4 Å². The third-order valence-corrected chi connectivity index (χ3v) is 3.44. The minimum atomic E-state index is -0.812.